The monoisotopic (exact) mass is 1310 g/mol. The van der Waals surface area contributed by atoms with E-state index in [1.165, 1.54) is 23.9 Å². The molecule has 15 nitrogen and oxygen atoms in total. The van der Waals surface area contributed by atoms with Crippen molar-refractivity contribution in [1.29, 1.82) is 0 Å². The molecule has 2 aliphatic rings. The topological polar surface area (TPSA) is 173 Å². The summed E-state index contributed by atoms with van der Waals surface area (Å²) in [5.74, 6) is -0.574. The van der Waals surface area contributed by atoms with Crippen LogP contribution in [-0.2, 0) is 42.4 Å². The number of hydrogen-bond donors (Lipinski definition) is 2. The fourth-order valence-corrected chi connectivity index (χ4v) is 16.2. The molecule has 2 aliphatic heterocycles. The maximum atomic E-state index is 14.5. The van der Waals surface area contributed by atoms with Crippen LogP contribution in [-0.4, -0.2) is 128 Å². The van der Waals surface area contributed by atoms with E-state index >= 15 is 0 Å². The summed E-state index contributed by atoms with van der Waals surface area (Å²) in [6.45, 7) is 26.7. The molecule has 86 heavy (non-hydrogen) atoms. The van der Waals surface area contributed by atoms with Crippen LogP contribution in [0.3, 0.4) is 0 Å². The molecule has 2 unspecified atom stereocenters. The van der Waals surface area contributed by atoms with Gasteiger partial charge in [-0.25, -0.2) is 26.1 Å². The van der Waals surface area contributed by atoms with Crippen LogP contribution < -0.4 is 14.9 Å². The number of benzene rings is 5. The number of piperidine rings is 1. The van der Waals surface area contributed by atoms with E-state index in [1.54, 1.807) is 53.7 Å². The molecule has 2 saturated heterocycles. The highest BCUT2D eigenvalue weighted by molar-refractivity contribution is 7.99. The highest BCUT2D eigenvalue weighted by Crippen LogP contribution is 2.55. The van der Waals surface area contributed by atoms with Crippen molar-refractivity contribution in [2.75, 3.05) is 74.9 Å². The average molecular weight is 1310 g/mol. The third-order valence-corrected chi connectivity index (χ3v) is 26.2. The number of phosphoric ester groups is 1. The van der Waals surface area contributed by atoms with Gasteiger partial charge in [0.05, 0.1) is 34.5 Å². The number of sulfone groups is 1. The van der Waals surface area contributed by atoms with Crippen molar-refractivity contribution in [2.24, 2.45) is 5.92 Å². The van der Waals surface area contributed by atoms with Gasteiger partial charge >= 0.3 is 13.3 Å². The maximum absolute atomic E-state index is 14.5. The number of sulfonamides is 1. The van der Waals surface area contributed by atoms with E-state index in [2.05, 4.69) is 66.0 Å². The number of halogens is 4. The van der Waals surface area contributed by atoms with Gasteiger partial charge < -0.3 is 19.5 Å². The number of alkyl halides is 3. The number of thioether (sulfide) groups is 1. The minimum absolute atomic E-state index is 0.0376. The van der Waals surface area contributed by atoms with Gasteiger partial charge in [-0.05, 0) is 168 Å². The van der Waals surface area contributed by atoms with Gasteiger partial charge in [-0.15, -0.1) is 11.8 Å². The van der Waals surface area contributed by atoms with Crippen LogP contribution in [0.4, 0.5) is 24.5 Å². The Hall–Kier alpha value is -4.29. The van der Waals surface area contributed by atoms with E-state index in [0.717, 1.165) is 52.2 Å². The molecule has 0 radical (unpaired) electrons. The molecule has 2 fully saturated rings. The van der Waals surface area contributed by atoms with Crippen LogP contribution in [0.5, 0.6) is 0 Å². The van der Waals surface area contributed by atoms with E-state index in [1.807, 2.05) is 71.5 Å². The van der Waals surface area contributed by atoms with E-state index < -0.39 is 80.1 Å². The number of nitrogens with zero attached hydrogens (tertiary/aromatic N) is 3. The Morgan fingerprint density at radius 1 is 0.744 bits per heavy atom. The first-order chi connectivity index (χ1) is 40.0. The molecular weight excluding hydrogens is 1220 g/mol. The van der Waals surface area contributed by atoms with Crippen molar-refractivity contribution in [3.8, 4) is 11.1 Å². The molecule has 5 aromatic carbocycles. The Labute approximate surface area is 518 Å². The van der Waals surface area contributed by atoms with Crippen molar-refractivity contribution in [3.05, 3.63) is 137 Å². The lowest BCUT2D eigenvalue weighted by Crippen LogP contribution is -2.48. The summed E-state index contributed by atoms with van der Waals surface area (Å²) < 4.78 is 138. The maximum Gasteiger partial charge on any atom is 0.501 e. The zero-order valence-electron chi connectivity index (χ0n) is 51.1. The molecule has 0 aliphatic carbocycles. The summed E-state index contributed by atoms with van der Waals surface area (Å²) in [5.41, 5.74) is -3.78. The minimum atomic E-state index is -6.15. The number of carbonyl (C=O) groups excluding carboxylic acids is 1. The molecule has 0 bridgehead atoms. The van der Waals surface area contributed by atoms with Crippen LogP contribution in [0.1, 0.15) is 104 Å². The van der Waals surface area contributed by atoms with Crippen molar-refractivity contribution in [2.45, 2.75) is 143 Å². The fourth-order valence-electron chi connectivity index (χ4n) is 9.93. The molecular formula is C62H84ClF3N5O10PS3Si. The Balaban J connectivity index is 1.02. The second-order valence-corrected chi connectivity index (χ2v) is 36.8. The third kappa shape index (κ3) is 19.1. The third-order valence-electron chi connectivity index (χ3n) is 15.4. The Bertz CT molecular complexity index is 3330. The molecule has 472 valence electrons. The molecule has 2 atom stereocenters. The number of rotatable bonds is 24. The molecule has 1 amide bonds. The van der Waals surface area contributed by atoms with Gasteiger partial charge in [0.15, 0.2) is 8.32 Å². The average Bonchev–Trinajstić information content (AvgIpc) is 0.846. The van der Waals surface area contributed by atoms with Gasteiger partial charge in [0.25, 0.3) is 25.8 Å². The van der Waals surface area contributed by atoms with E-state index in [4.69, 9.17) is 29.6 Å². The number of carbonyl (C=O) groups is 1. The summed E-state index contributed by atoms with van der Waals surface area (Å²) in [6.07, 6.45) is 1.79. The predicted octanol–water partition coefficient (Wildman–Crippen LogP) is 14.7. The lowest BCUT2D eigenvalue weighted by molar-refractivity contribution is -0.0436. The molecule has 2 N–H and O–H groups in total. The number of hydrogen-bond acceptors (Lipinski definition) is 15. The Morgan fingerprint density at radius 3 is 1.88 bits per heavy atom. The van der Waals surface area contributed by atoms with Crippen molar-refractivity contribution in [3.63, 3.8) is 0 Å². The zero-order chi connectivity index (χ0) is 63.1. The number of anilines is 2. The Morgan fingerprint density at radius 2 is 1.31 bits per heavy atom. The zero-order valence-corrected chi connectivity index (χ0v) is 56.2. The first-order valence-electron chi connectivity index (χ1n) is 29.0. The molecule has 24 heteroatoms. The predicted molar refractivity (Wildman–Crippen MR) is 341 cm³/mol. The second kappa shape index (κ2) is 28.3. The molecule has 0 saturated carbocycles. The van der Waals surface area contributed by atoms with Crippen LogP contribution in [0.15, 0.2) is 136 Å². The summed E-state index contributed by atoms with van der Waals surface area (Å²) in [4.78, 5) is 18.9. The van der Waals surface area contributed by atoms with Crippen molar-refractivity contribution >= 4 is 76.6 Å². The largest absolute Gasteiger partial charge is 0.501 e. The van der Waals surface area contributed by atoms with Gasteiger partial charge in [0.2, 0.25) is 0 Å². The second-order valence-electron chi connectivity index (χ2n) is 25.4. The number of phosphoric acid groups is 1. The Kier molecular flexibility index (Phi) is 22.7. The molecule has 0 spiro atoms. The lowest BCUT2D eigenvalue weighted by atomic mass is 9.84. The van der Waals surface area contributed by atoms with Crippen molar-refractivity contribution < 1.29 is 57.4 Å². The molecule has 0 aromatic heterocycles. The van der Waals surface area contributed by atoms with E-state index in [9.17, 15) is 39.4 Å². The van der Waals surface area contributed by atoms with E-state index in [0.29, 0.717) is 75.6 Å². The molecule has 7 rings (SSSR count). The summed E-state index contributed by atoms with van der Waals surface area (Å²) in [5, 5.41) is 3.65. The first-order valence-corrected chi connectivity index (χ1v) is 37.7. The highest BCUT2D eigenvalue weighted by atomic mass is 35.5. The SMILES string of the molecule is CC(C)(C)OP(=O)(OCCN1CCN(CCC(CSc2ccccc2)Nc2ccc(S(=O)(=O)NC(=O)c3ccc(N4CCC(C(O[Si](C)(C)C(C)(C)C)c5ccccc5-c5ccc(Cl)cc5)CC4)cc3)cc2S(=O)(=O)C(F)(F)F)CC1)OC(C)(C)C. The summed E-state index contributed by atoms with van der Waals surface area (Å²) in [6, 6.07) is 33.7. The molecule has 5 aromatic rings. The standard InChI is InChI=1S/C62H84ClF3N5O10PS3Si/c1-59(2,3)80-82(73,81-60(4,5)6)78-42-41-70-39-37-69(38-40-70)34-33-49(44-83-51-17-13-12-14-18-51)67-55-30-29-52(43-56(55)84(74,75)62(64,65)66)85(76,77)68-58(72)47-23-27-50(28-24-47)71-35-31-46(32-36-71)57(79-86(10,11)61(7,8)9)54-20-16-15-19-53(54)45-21-25-48(63)26-22-45/h12-30,43,46,49,57,67H,31-42,44H2,1-11H3,(H,68,72). The summed E-state index contributed by atoms with van der Waals surface area (Å²) in [7, 11) is -17.3. The summed E-state index contributed by atoms with van der Waals surface area (Å²) >= 11 is 7.71. The quantitative estimate of drug-likeness (QED) is 0.0339. The van der Waals surface area contributed by atoms with Crippen LogP contribution in [0, 0.1) is 5.92 Å². The van der Waals surface area contributed by atoms with Crippen LogP contribution in [0.2, 0.25) is 23.2 Å². The van der Waals surface area contributed by atoms with Crippen LogP contribution in [0.25, 0.3) is 11.1 Å². The fraction of sp³-hybridized carbons (Fsp3) is 0.500. The number of nitrogens with one attached hydrogen (secondary N) is 2. The van der Waals surface area contributed by atoms with Gasteiger partial charge in [-0.1, -0.05) is 87.0 Å². The lowest BCUT2D eigenvalue weighted by Gasteiger charge is -2.44. The normalized spacial score (nSPS) is 16.7. The highest BCUT2D eigenvalue weighted by Gasteiger charge is 2.49. The first kappa shape index (κ1) is 69.2. The number of amides is 1. The number of piperazine rings is 1. The smallest absolute Gasteiger partial charge is 0.410 e. The van der Waals surface area contributed by atoms with E-state index in [-0.39, 0.29) is 29.2 Å². The molecule has 2 heterocycles. The van der Waals surface area contributed by atoms with Gasteiger partial charge in [-0.2, -0.15) is 13.2 Å². The van der Waals surface area contributed by atoms with Gasteiger partial charge in [0.1, 0.15) is 4.90 Å². The van der Waals surface area contributed by atoms with Gasteiger partial charge in [-0.3, -0.25) is 23.3 Å². The van der Waals surface area contributed by atoms with Crippen molar-refractivity contribution in [1.82, 2.24) is 14.5 Å². The van der Waals surface area contributed by atoms with Crippen LogP contribution >= 0.6 is 31.2 Å². The minimum Gasteiger partial charge on any atom is -0.410 e. The van der Waals surface area contributed by atoms with Gasteiger partial charge in [0, 0.05) is 85.3 Å².